The van der Waals surface area contributed by atoms with Crippen molar-refractivity contribution in [3.63, 3.8) is 0 Å². The molecule has 2 rings (SSSR count). The summed E-state index contributed by atoms with van der Waals surface area (Å²) in [5, 5.41) is 2.55. The molecule has 1 aromatic carbocycles. The number of amides is 2. The Hall–Kier alpha value is -1.98. The zero-order chi connectivity index (χ0) is 15.0. The molecule has 1 N–H and O–H groups in total. The van der Waals surface area contributed by atoms with Gasteiger partial charge < -0.3 is 5.32 Å². The lowest BCUT2D eigenvalue weighted by atomic mass is 9.96. The number of piperazine rings is 1. The fraction of sp³-hybridized carbons (Fsp3) is 0.429. The van der Waals surface area contributed by atoms with Crippen LogP contribution in [0, 0.1) is 17.6 Å². The third kappa shape index (κ3) is 2.26. The molecule has 2 amide bonds. The van der Waals surface area contributed by atoms with Gasteiger partial charge in [0, 0.05) is 0 Å². The normalized spacial score (nSPS) is 23.2. The Bertz CT molecular complexity index is 560. The molecule has 0 bridgehead atoms. The maximum Gasteiger partial charge on any atom is 0.250 e. The van der Waals surface area contributed by atoms with Gasteiger partial charge in [0.2, 0.25) is 11.8 Å². The predicted octanol–water partition coefficient (Wildman–Crippen LogP) is 1.84. The monoisotopic (exact) mass is 282 g/mol. The number of rotatable bonds is 2. The number of carbonyl (C=O) groups excluding carboxylic acids is 2. The molecule has 108 valence electrons. The zero-order valence-corrected chi connectivity index (χ0v) is 11.5. The highest BCUT2D eigenvalue weighted by Gasteiger charge is 2.42. The third-order valence-electron chi connectivity index (χ3n) is 3.34. The molecule has 1 aromatic rings. The summed E-state index contributed by atoms with van der Waals surface area (Å²) in [6, 6.07) is 1.98. The van der Waals surface area contributed by atoms with Crippen LogP contribution >= 0.6 is 0 Å². The van der Waals surface area contributed by atoms with Crippen molar-refractivity contribution in [2.75, 3.05) is 4.90 Å². The van der Waals surface area contributed by atoms with Crippen molar-refractivity contribution in [2.24, 2.45) is 5.92 Å². The standard InChI is InChI=1S/C14H16F2N2O2/c1-7(2)12-13(19)17-8(3)14(20)18(12)10-6-4-5-9(15)11(10)16/h4-8,12H,1-3H3,(H,17,19). The minimum atomic E-state index is -1.12. The first kappa shape index (κ1) is 14.4. The van der Waals surface area contributed by atoms with Crippen molar-refractivity contribution >= 4 is 17.5 Å². The fourth-order valence-electron chi connectivity index (χ4n) is 2.37. The summed E-state index contributed by atoms with van der Waals surface area (Å²) in [6.45, 7) is 5.01. The largest absolute Gasteiger partial charge is 0.343 e. The highest BCUT2D eigenvalue weighted by molar-refractivity contribution is 6.08. The minimum absolute atomic E-state index is 0.199. The first-order valence-corrected chi connectivity index (χ1v) is 6.42. The van der Waals surface area contributed by atoms with Crippen molar-refractivity contribution < 1.29 is 18.4 Å². The van der Waals surface area contributed by atoms with Gasteiger partial charge in [0.05, 0.1) is 5.69 Å². The summed E-state index contributed by atoms with van der Waals surface area (Å²) in [5.74, 6) is -3.21. The molecule has 0 saturated carbocycles. The number of benzene rings is 1. The van der Waals surface area contributed by atoms with Gasteiger partial charge in [-0.15, -0.1) is 0 Å². The van der Waals surface area contributed by atoms with Crippen LogP contribution in [0.2, 0.25) is 0 Å². The van der Waals surface area contributed by atoms with Crippen LogP contribution in [0.3, 0.4) is 0 Å². The number of carbonyl (C=O) groups is 2. The van der Waals surface area contributed by atoms with Crippen LogP contribution < -0.4 is 10.2 Å². The number of halogens is 2. The molecule has 1 aliphatic rings. The van der Waals surface area contributed by atoms with E-state index in [9.17, 15) is 18.4 Å². The molecule has 0 spiro atoms. The van der Waals surface area contributed by atoms with Gasteiger partial charge in [-0.1, -0.05) is 19.9 Å². The van der Waals surface area contributed by atoms with Crippen LogP contribution in [-0.2, 0) is 9.59 Å². The second-order valence-electron chi connectivity index (χ2n) is 5.20. The second-order valence-corrected chi connectivity index (χ2v) is 5.20. The summed E-state index contributed by atoms with van der Waals surface area (Å²) in [4.78, 5) is 25.4. The highest BCUT2D eigenvalue weighted by atomic mass is 19.2. The molecule has 0 radical (unpaired) electrons. The van der Waals surface area contributed by atoms with E-state index in [1.165, 1.54) is 19.1 Å². The lowest BCUT2D eigenvalue weighted by molar-refractivity contribution is -0.134. The number of hydrogen-bond donors (Lipinski definition) is 1. The number of nitrogens with zero attached hydrogens (tertiary/aromatic N) is 1. The van der Waals surface area contributed by atoms with Gasteiger partial charge in [-0.2, -0.15) is 0 Å². The lowest BCUT2D eigenvalue weighted by Gasteiger charge is -2.39. The van der Waals surface area contributed by atoms with Gasteiger partial charge in [-0.3, -0.25) is 14.5 Å². The van der Waals surface area contributed by atoms with Gasteiger partial charge in [0.15, 0.2) is 11.6 Å². The van der Waals surface area contributed by atoms with E-state index in [4.69, 9.17) is 0 Å². The molecule has 1 fully saturated rings. The van der Waals surface area contributed by atoms with Crippen LogP contribution in [0.4, 0.5) is 14.5 Å². The average Bonchev–Trinajstić information content (AvgIpc) is 2.36. The van der Waals surface area contributed by atoms with Gasteiger partial charge >= 0.3 is 0 Å². The summed E-state index contributed by atoms with van der Waals surface area (Å²) >= 11 is 0. The maximum atomic E-state index is 13.9. The van der Waals surface area contributed by atoms with Gasteiger partial charge in [0.25, 0.3) is 0 Å². The zero-order valence-electron chi connectivity index (χ0n) is 11.5. The maximum absolute atomic E-state index is 13.9. The summed E-state index contributed by atoms with van der Waals surface area (Å²) in [7, 11) is 0. The van der Waals surface area contributed by atoms with E-state index >= 15 is 0 Å². The second kappa shape index (κ2) is 5.19. The molecule has 1 heterocycles. The molecule has 2 unspecified atom stereocenters. The third-order valence-corrected chi connectivity index (χ3v) is 3.34. The van der Waals surface area contributed by atoms with Crippen molar-refractivity contribution in [3.8, 4) is 0 Å². The van der Waals surface area contributed by atoms with Crippen LogP contribution in [0.15, 0.2) is 18.2 Å². The Morgan fingerprint density at radius 1 is 1.25 bits per heavy atom. The average molecular weight is 282 g/mol. The highest BCUT2D eigenvalue weighted by Crippen LogP contribution is 2.28. The predicted molar refractivity (Wildman–Crippen MR) is 70.1 cm³/mol. The van der Waals surface area contributed by atoms with Crippen LogP contribution in [0.25, 0.3) is 0 Å². The summed E-state index contributed by atoms with van der Waals surface area (Å²) in [6.07, 6.45) is 0. The van der Waals surface area contributed by atoms with Crippen molar-refractivity contribution in [1.82, 2.24) is 5.32 Å². The van der Waals surface area contributed by atoms with E-state index in [2.05, 4.69) is 5.32 Å². The minimum Gasteiger partial charge on any atom is -0.343 e. The molecular weight excluding hydrogens is 266 g/mol. The van der Waals surface area contributed by atoms with Crippen molar-refractivity contribution in [2.45, 2.75) is 32.9 Å². The number of nitrogens with one attached hydrogen (secondary N) is 1. The first-order chi connectivity index (χ1) is 9.34. The van der Waals surface area contributed by atoms with Crippen molar-refractivity contribution in [3.05, 3.63) is 29.8 Å². The smallest absolute Gasteiger partial charge is 0.250 e. The summed E-state index contributed by atoms with van der Waals surface area (Å²) in [5.41, 5.74) is -0.199. The van der Waals surface area contributed by atoms with E-state index in [1.54, 1.807) is 13.8 Å². The quantitative estimate of drug-likeness (QED) is 0.900. The van der Waals surface area contributed by atoms with E-state index in [1.807, 2.05) is 0 Å². The molecule has 1 saturated heterocycles. The lowest BCUT2D eigenvalue weighted by Crippen LogP contribution is -2.64. The van der Waals surface area contributed by atoms with Crippen LogP contribution in [0.1, 0.15) is 20.8 Å². The van der Waals surface area contributed by atoms with E-state index in [0.717, 1.165) is 11.0 Å². The Labute approximate surface area is 115 Å². The Morgan fingerprint density at radius 2 is 1.90 bits per heavy atom. The number of anilines is 1. The molecule has 1 aliphatic heterocycles. The Balaban J connectivity index is 2.55. The van der Waals surface area contributed by atoms with E-state index in [0.29, 0.717) is 0 Å². The topological polar surface area (TPSA) is 49.4 Å². The van der Waals surface area contributed by atoms with Crippen molar-refractivity contribution in [1.29, 1.82) is 0 Å². The molecule has 20 heavy (non-hydrogen) atoms. The fourth-order valence-corrected chi connectivity index (χ4v) is 2.37. The van der Waals surface area contributed by atoms with Crippen LogP contribution in [0.5, 0.6) is 0 Å². The molecule has 6 heteroatoms. The van der Waals surface area contributed by atoms with Gasteiger partial charge in [-0.25, -0.2) is 8.78 Å². The Morgan fingerprint density at radius 3 is 2.50 bits per heavy atom. The van der Waals surface area contributed by atoms with Gasteiger partial charge in [0.1, 0.15) is 12.1 Å². The summed E-state index contributed by atoms with van der Waals surface area (Å²) < 4.78 is 27.3. The first-order valence-electron chi connectivity index (χ1n) is 6.42. The molecule has 2 atom stereocenters. The van der Waals surface area contributed by atoms with E-state index < -0.39 is 29.6 Å². The Kier molecular flexibility index (Phi) is 3.74. The van der Waals surface area contributed by atoms with E-state index in [-0.39, 0.29) is 17.5 Å². The van der Waals surface area contributed by atoms with Gasteiger partial charge in [-0.05, 0) is 25.0 Å². The number of hydrogen-bond acceptors (Lipinski definition) is 2. The molecule has 0 aliphatic carbocycles. The molecular formula is C14H16F2N2O2. The molecule has 0 aromatic heterocycles. The SMILES string of the molecule is CC1NC(=O)C(C(C)C)N(c2cccc(F)c2F)C1=O. The van der Waals surface area contributed by atoms with Crippen LogP contribution in [-0.4, -0.2) is 23.9 Å². The molecule has 4 nitrogen and oxygen atoms in total.